The van der Waals surface area contributed by atoms with Gasteiger partial charge in [-0.15, -0.1) is 0 Å². The molecule has 4 bridgehead atoms. The first-order valence-corrected chi connectivity index (χ1v) is 8.75. The summed E-state index contributed by atoms with van der Waals surface area (Å²) in [7, 11) is -6.54. The van der Waals surface area contributed by atoms with E-state index in [-0.39, 0.29) is 24.8 Å². The summed E-state index contributed by atoms with van der Waals surface area (Å²) in [4.78, 5) is 12.1. The van der Waals surface area contributed by atoms with Gasteiger partial charge in [-0.1, -0.05) is 0 Å². The maximum atomic E-state index is 13.5. The van der Waals surface area contributed by atoms with Crippen molar-refractivity contribution in [2.75, 3.05) is 0 Å². The van der Waals surface area contributed by atoms with Gasteiger partial charge in [0.05, 0.1) is 11.2 Å². The normalized spacial score (nSPS) is 35.2. The molecule has 0 aromatic carbocycles. The number of hydrogen-bond acceptors (Lipinski definition) is 6. The molecular formula is C13H13F5O7S. The quantitative estimate of drug-likeness (QED) is 0.359. The summed E-state index contributed by atoms with van der Waals surface area (Å²) < 4.78 is 98.9. The van der Waals surface area contributed by atoms with Crippen molar-refractivity contribution in [3.05, 3.63) is 11.1 Å². The van der Waals surface area contributed by atoms with Crippen LogP contribution in [0.5, 0.6) is 0 Å². The third-order valence-electron chi connectivity index (χ3n) is 4.99. The molecule has 0 heterocycles. The number of alkyl halides is 5. The summed E-state index contributed by atoms with van der Waals surface area (Å²) >= 11 is 0. The molecule has 7 nitrogen and oxygen atoms in total. The van der Waals surface area contributed by atoms with Crippen LogP contribution in [0.2, 0.25) is 0 Å². The lowest BCUT2D eigenvalue weighted by Crippen LogP contribution is -2.64. The molecule has 13 heteroatoms. The SMILES string of the molecule is O=C(OC(C(F)(F)F)C(F)(F)S(=O)(=O)O)C1=C2C3CC(O)(C1)CC2(O)C3. The van der Waals surface area contributed by atoms with Crippen LogP contribution in [-0.4, -0.2) is 57.9 Å². The van der Waals surface area contributed by atoms with Gasteiger partial charge in [-0.3, -0.25) is 4.55 Å². The van der Waals surface area contributed by atoms with Crippen molar-refractivity contribution in [1.82, 2.24) is 0 Å². The molecule has 0 aromatic heterocycles. The Morgan fingerprint density at radius 3 is 2.19 bits per heavy atom. The number of rotatable bonds is 4. The van der Waals surface area contributed by atoms with Crippen LogP contribution in [0.4, 0.5) is 22.0 Å². The summed E-state index contributed by atoms with van der Waals surface area (Å²) in [5, 5.41) is 14.7. The Morgan fingerprint density at radius 2 is 1.77 bits per heavy atom. The number of hydrogen-bond donors (Lipinski definition) is 3. The van der Waals surface area contributed by atoms with Gasteiger partial charge in [-0.25, -0.2) is 4.79 Å². The smallest absolute Gasteiger partial charge is 0.432 e. The molecule has 26 heavy (non-hydrogen) atoms. The molecule has 0 spiro atoms. The number of ether oxygens (including phenoxy) is 1. The average molecular weight is 408 g/mol. The minimum Gasteiger partial charge on any atom is -0.441 e. The minimum atomic E-state index is -6.54. The second-order valence-electron chi connectivity index (χ2n) is 6.97. The van der Waals surface area contributed by atoms with E-state index in [2.05, 4.69) is 4.74 Å². The molecule has 0 amide bonds. The van der Waals surface area contributed by atoms with Crippen LogP contribution in [0.25, 0.3) is 0 Å². The Morgan fingerprint density at radius 1 is 1.19 bits per heavy atom. The van der Waals surface area contributed by atoms with Crippen molar-refractivity contribution in [2.24, 2.45) is 5.92 Å². The summed E-state index contributed by atoms with van der Waals surface area (Å²) in [6.45, 7) is 0. The summed E-state index contributed by atoms with van der Waals surface area (Å²) in [5.41, 5.74) is -3.77. The largest absolute Gasteiger partial charge is 0.441 e. The molecular weight excluding hydrogens is 395 g/mol. The molecule has 0 aliphatic heterocycles. The number of fused-ring (bicyclic) bond motifs is 1. The highest BCUT2D eigenvalue weighted by atomic mass is 32.2. The predicted molar refractivity (Wildman–Crippen MR) is 71.3 cm³/mol. The van der Waals surface area contributed by atoms with Crippen LogP contribution in [0.15, 0.2) is 11.1 Å². The van der Waals surface area contributed by atoms with Gasteiger partial charge >= 0.3 is 27.5 Å². The Bertz CT molecular complexity index is 804. The highest BCUT2D eigenvalue weighted by Gasteiger charge is 2.68. The minimum absolute atomic E-state index is 0.0227. The van der Waals surface area contributed by atoms with E-state index in [1.54, 1.807) is 0 Å². The predicted octanol–water partition coefficient (Wildman–Crippen LogP) is 0.917. The molecule has 3 fully saturated rings. The van der Waals surface area contributed by atoms with Gasteiger partial charge in [0.2, 0.25) is 0 Å². The van der Waals surface area contributed by atoms with E-state index in [9.17, 15) is 45.4 Å². The maximum absolute atomic E-state index is 13.5. The van der Waals surface area contributed by atoms with Crippen LogP contribution >= 0.6 is 0 Å². The lowest BCUT2D eigenvalue weighted by atomic mass is 9.47. The number of esters is 1. The van der Waals surface area contributed by atoms with Crippen molar-refractivity contribution in [3.63, 3.8) is 0 Å². The highest BCUT2D eigenvalue weighted by molar-refractivity contribution is 7.86. The van der Waals surface area contributed by atoms with Gasteiger partial charge in [0, 0.05) is 18.4 Å². The van der Waals surface area contributed by atoms with Crippen LogP contribution in [0.3, 0.4) is 0 Å². The van der Waals surface area contributed by atoms with Crippen molar-refractivity contribution in [1.29, 1.82) is 0 Å². The van der Waals surface area contributed by atoms with Gasteiger partial charge in [-0.05, 0) is 24.3 Å². The zero-order valence-corrected chi connectivity index (χ0v) is 13.6. The standard InChI is InChI=1S/C13H13F5O7S/c14-12(15,16)9(13(17,18)26(22,23)24)25-8(19)6-3-10(20)1-5-2-11(21,4-10)7(5)6/h5,9,20-21H,1-4H2,(H,22,23,24). The molecule has 3 N–H and O–H groups in total. The molecule has 4 unspecified atom stereocenters. The first-order chi connectivity index (χ1) is 11.5. The number of carbonyl (C=O) groups is 1. The van der Waals surface area contributed by atoms with Gasteiger partial charge in [-0.2, -0.15) is 30.4 Å². The van der Waals surface area contributed by atoms with Crippen LogP contribution in [0.1, 0.15) is 25.7 Å². The molecule has 3 saturated carbocycles. The van der Waals surface area contributed by atoms with Crippen LogP contribution in [-0.2, 0) is 19.6 Å². The first kappa shape index (κ1) is 19.5. The van der Waals surface area contributed by atoms with Crippen molar-refractivity contribution < 1.29 is 54.7 Å². The van der Waals surface area contributed by atoms with Crippen LogP contribution < -0.4 is 0 Å². The Balaban J connectivity index is 1.95. The van der Waals surface area contributed by atoms with Gasteiger partial charge in [0.15, 0.2) is 0 Å². The Kier molecular flexibility index (Phi) is 3.85. The number of carbonyl (C=O) groups excluding carboxylic acids is 1. The number of halogens is 5. The molecule has 0 radical (unpaired) electrons. The third kappa shape index (κ3) is 2.72. The molecule has 5 aliphatic carbocycles. The van der Waals surface area contributed by atoms with E-state index >= 15 is 0 Å². The molecule has 148 valence electrons. The Hall–Kier alpha value is -1.31. The lowest BCUT2D eigenvalue weighted by Gasteiger charge is -2.61. The topological polar surface area (TPSA) is 121 Å². The van der Waals surface area contributed by atoms with E-state index in [1.807, 2.05) is 0 Å². The van der Waals surface area contributed by atoms with E-state index in [0.717, 1.165) is 0 Å². The maximum Gasteiger partial charge on any atom is 0.432 e. The molecule has 0 saturated heterocycles. The second kappa shape index (κ2) is 5.14. The zero-order chi connectivity index (χ0) is 19.9. The molecule has 5 aliphatic rings. The van der Waals surface area contributed by atoms with Gasteiger partial charge in [0.1, 0.15) is 0 Å². The zero-order valence-electron chi connectivity index (χ0n) is 12.8. The summed E-state index contributed by atoms with van der Waals surface area (Å²) in [5.74, 6) is -2.42. The summed E-state index contributed by atoms with van der Waals surface area (Å²) in [6, 6.07) is 0. The first-order valence-electron chi connectivity index (χ1n) is 7.31. The third-order valence-corrected chi connectivity index (χ3v) is 5.89. The lowest BCUT2D eigenvalue weighted by molar-refractivity contribution is -0.258. The average Bonchev–Trinajstić information content (AvgIpc) is 2.38. The number of aliphatic hydroxyl groups is 2. The van der Waals surface area contributed by atoms with Crippen LogP contribution in [0, 0.1) is 5.92 Å². The van der Waals surface area contributed by atoms with Gasteiger partial charge < -0.3 is 14.9 Å². The molecule has 0 aromatic rings. The fraction of sp³-hybridized carbons (Fsp3) is 0.769. The van der Waals surface area contributed by atoms with Crippen molar-refractivity contribution >= 4 is 16.1 Å². The second-order valence-corrected chi connectivity index (χ2v) is 8.47. The Labute approximate surface area is 143 Å². The fourth-order valence-corrected chi connectivity index (χ4v) is 4.65. The summed E-state index contributed by atoms with van der Waals surface area (Å²) in [6.07, 6.45) is -10.8. The molecule has 5 rings (SSSR count). The monoisotopic (exact) mass is 408 g/mol. The van der Waals surface area contributed by atoms with E-state index in [4.69, 9.17) is 4.55 Å². The van der Waals surface area contributed by atoms with E-state index < -0.39 is 62.7 Å². The van der Waals surface area contributed by atoms with E-state index in [1.165, 1.54) is 0 Å². The van der Waals surface area contributed by atoms with Crippen molar-refractivity contribution in [2.45, 2.75) is 54.4 Å². The molecule has 4 atom stereocenters. The van der Waals surface area contributed by atoms with Gasteiger partial charge in [0.25, 0.3) is 6.10 Å². The fourth-order valence-electron chi connectivity index (χ4n) is 4.19. The highest BCUT2D eigenvalue weighted by Crippen LogP contribution is 2.63. The van der Waals surface area contributed by atoms with E-state index in [0.29, 0.717) is 0 Å². The van der Waals surface area contributed by atoms with Crippen molar-refractivity contribution in [3.8, 4) is 0 Å².